The molecule has 2 aromatic carbocycles. The second kappa shape index (κ2) is 22.7. The number of ether oxygens (including phenoxy) is 1. The van der Waals surface area contributed by atoms with Crippen molar-refractivity contribution in [3.05, 3.63) is 87.2 Å². The number of hydrogen-bond donors (Lipinski definition) is 0. The molecule has 1 aromatic heterocycles. The van der Waals surface area contributed by atoms with Crippen molar-refractivity contribution in [2.24, 2.45) is 0 Å². The van der Waals surface area contributed by atoms with Crippen molar-refractivity contribution in [2.45, 2.75) is 171 Å². The number of aromatic nitrogens is 1. The van der Waals surface area contributed by atoms with Crippen LogP contribution in [0.5, 0.6) is 0 Å². The van der Waals surface area contributed by atoms with Crippen LogP contribution in [0.15, 0.2) is 42.5 Å². The fraction of sp³-hybridized carbons (Fsp3) is 0.604. The molecule has 0 amide bonds. The Hall–Kier alpha value is -1.00. The van der Waals surface area contributed by atoms with Crippen molar-refractivity contribution in [2.75, 3.05) is 18.6 Å². The van der Waals surface area contributed by atoms with Crippen molar-refractivity contribution in [1.29, 1.82) is 0 Å². The maximum absolute atomic E-state index is 10.7. The van der Waals surface area contributed by atoms with Crippen LogP contribution in [-0.4, -0.2) is 35.1 Å². The fourth-order valence-corrected chi connectivity index (χ4v) is 9.27. The van der Waals surface area contributed by atoms with Gasteiger partial charge < -0.3 is 4.74 Å². The van der Waals surface area contributed by atoms with Gasteiger partial charge >= 0.3 is 50.1 Å². The van der Waals surface area contributed by atoms with E-state index in [0.29, 0.717) is 16.4 Å². The van der Waals surface area contributed by atoms with Gasteiger partial charge in [0, 0.05) is 35.5 Å². The zero-order valence-electron chi connectivity index (χ0n) is 40.9. The van der Waals surface area contributed by atoms with Gasteiger partial charge in [-0.05, 0) is 69.6 Å². The molecule has 62 heavy (non-hydrogen) atoms. The van der Waals surface area contributed by atoms with E-state index in [0.717, 1.165) is 24.6 Å². The van der Waals surface area contributed by atoms with Crippen LogP contribution in [0.1, 0.15) is 183 Å². The molecule has 0 N–H and O–H groups in total. The number of hydrogen-bond acceptors (Lipinski definition) is 2. The van der Waals surface area contributed by atoms with E-state index < -0.39 is 7.81 Å². The average molecular weight is 1030 g/mol. The summed E-state index contributed by atoms with van der Waals surface area (Å²) in [5.41, 5.74) is 11.3. The van der Waals surface area contributed by atoms with Crippen LogP contribution in [0.3, 0.4) is 0 Å². The minimum atomic E-state index is -10.7. The van der Waals surface area contributed by atoms with Crippen LogP contribution in [0, 0.1) is 0 Å². The minimum Gasteiger partial charge on any atom is 1.00 e. The van der Waals surface area contributed by atoms with Gasteiger partial charge in [0.25, 0.3) is 0 Å². The molecular formula is C48H77Cl2CuF6NOP3+2. The van der Waals surface area contributed by atoms with Crippen LogP contribution in [0.4, 0.5) is 25.2 Å². The zero-order valence-corrected chi connectivity index (χ0v) is 46.3. The number of benzene rings is 2. The molecule has 0 aliphatic rings. The number of pyridine rings is 1. The molecule has 0 fully saturated rings. The van der Waals surface area contributed by atoms with Crippen molar-refractivity contribution < 1.29 is 47.0 Å². The maximum Gasteiger partial charge on any atom is 1.00 e. The second-order valence-corrected chi connectivity index (χ2v) is 26.2. The summed E-state index contributed by atoms with van der Waals surface area (Å²) in [7, 11) is -9.55. The van der Waals surface area contributed by atoms with Gasteiger partial charge in [-0.3, -0.25) is 0 Å². The van der Waals surface area contributed by atoms with E-state index in [1.54, 1.807) is 0 Å². The summed E-state index contributed by atoms with van der Waals surface area (Å²) in [4.78, 5) is 5.19. The third-order valence-electron chi connectivity index (χ3n) is 9.17. The van der Waals surface area contributed by atoms with Crippen molar-refractivity contribution in [3.63, 3.8) is 0 Å². The second-order valence-electron chi connectivity index (χ2n) is 21.3. The maximum atomic E-state index is 9.87. The largest absolute Gasteiger partial charge is 1.00 e. The summed E-state index contributed by atoms with van der Waals surface area (Å²) in [6.45, 7) is 47.9. The first-order valence-electron chi connectivity index (χ1n) is 20.7. The van der Waals surface area contributed by atoms with Crippen LogP contribution >= 0.6 is 47.4 Å². The average Bonchev–Trinajstić information content (AvgIpc) is 3.03. The molecule has 3 aromatic rings. The van der Waals surface area contributed by atoms with Crippen LogP contribution in [0.2, 0.25) is 0 Å². The smallest absolute Gasteiger partial charge is 1.00 e. The molecule has 0 saturated heterocycles. The Balaban J connectivity index is 0. The van der Waals surface area contributed by atoms with E-state index in [1.165, 1.54) is 44.0 Å². The summed E-state index contributed by atoms with van der Waals surface area (Å²) < 4.78 is 64.0. The molecule has 3 rings (SSSR count). The number of rotatable bonds is 6. The Labute approximate surface area is 396 Å². The molecule has 0 aliphatic heterocycles. The van der Waals surface area contributed by atoms with E-state index >= 15 is 0 Å². The fourth-order valence-electron chi connectivity index (χ4n) is 5.95. The first kappa shape index (κ1) is 63.1. The predicted octanol–water partition coefficient (Wildman–Crippen LogP) is 17.0. The molecule has 14 heteroatoms. The molecule has 1 heterocycles. The van der Waals surface area contributed by atoms with Crippen LogP contribution in [-0.2, 0) is 54.3 Å². The number of nitrogens with zero attached hydrogens (tertiary/aromatic N) is 1. The predicted molar refractivity (Wildman–Crippen MR) is 268 cm³/mol. The summed E-state index contributed by atoms with van der Waals surface area (Å²) in [6.07, 6.45) is 0. The van der Waals surface area contributed by atoms with E-state index in [4.69, 9.17) is 32.9 Å². The molecule has 0 radical (unpaired) electrons. The number of alkyl halides is 2. The Morgan fingerprint density at radius 1 is 0.516 bits per heavy atom. The Kier molecular flexibility index (Phi) is 23.1. The van der Waals surface area contributed by atoms with Gasteiger partial charge in [-0.2, -0.15) is 0 Å². The van der Waals surface area contributed by atoms with Gasteiger partial charge in [0.2, 0.25) is 0 Å². The topological polar surface area (TPSA) is 22.1 Å². The Morgan fingerprint density at radius 2 is 0.742 bits per heavy atom. The van der Waals surface area contributed by atoms with Crippen molar-refractivity contribution in [3.8, 4) is 0 Å². The molecule has 0 aliphatic carbocycles. The zero-order chi connectivity index (χ0) is 48.5. The van der Waals surface area contributed by atoms with Gasteiger partial charge in [-0.1, -0.05) is 155 Å². The molecule has 0 bridgehead atoms. The van der Waals surface area contributed by atoms with Crippen molar-refractivity contribution in [1.82, 2.24) is 4.98 Å². The van der Waals surface area contributed by atoms with E-state index in [-0.39, 0.29) is 54.9 Å². The molecule has 0 saturated carbocycles. The minimum absolute atomic E-state index is 0. The summed E-state index contributed by atoms with van der Waals surface area (Å²) in [5, 5.41) is 3.16. The first-order valence-corrected chi connectivity index (χ1v) is 25.9. The molecule has 2 unspecified atom stereocenters. The van der Waals surface area contributed by atoms with Gasteiger partial charge in [0.1, 0.15) is 39.4 Å². The monoisotopic (exact) mass is 1020 g/mol. The van der Waals surface area contributed by atoms with Crippen molar-refractivity contribution >= 4 is 69.6 Å². The van der Waals surface area contributed by atoms with Gasteiger partial charge in [-0.25, -0.2) is 4.98 Å². The normalized spacial score (nSPS) is 14.1. The molecule has 360 valence electrons. The third-order valence-corrected chi connectivity index (χ3v) is 11.7. The van der Waals surface area contributed by atoms with Gasteiger partial charge in [0.05, 0.1) is 5.34 Å². The quantitative estimate of drug-likeness (QED) is 0.106. The SMILES string of the molecule is CC(C)(C)c1cc(C(C)(C)C)c(/[PH+]=C/c2cccc(/C=[PH+]/c3c(C(C)(C)C)cc(C(C)(C)C)cc3C(C)(C)C)n2)c(C(C)(C)C)c1.CCOCC.ClCCl.F[P-](F)(F)(F)(F)F.[Cu+]. The Morgan fingerprint density at radius 3 is 0.903 bits per heavy atom. The molecular weight excluding hydrogens is 948 g/mol. The van der Waals surface area contributed by atoms with Gasteiger partial charge in [0.15, 0.2) is 10.6 Å². The van der Waals surface area contributed by atoms with E-state index in [1.807, 2.05) is 13.8 Å². The molecule has 2 atom stereocenters. The summed E-state index contributed by atoms with van der Waals surface area (Å²) in [6, 6.07) is 16.4. The standard InChI is InChI=1S/C43H63NP2.C4H10O.CH2Cl2.Cu.F6P/c1-38(2,3)28-22-32(40(7,8)9)36(33(23-28)41(10,11)12)45-26-30-20-19-21-31(44-30)27-46-37-34(42(13,14)15)24-29(39(4,5)6)25-35(37)43(16,17)18;1-3-5-4-2;2-1-3;;1-7(2,3,4,5)6/h19-27H,1-18H3;3-4H2,1-2H3;1H2;;/q;;;+1;-1/p+2. The molecule has 0 spiro atoms. The van der Waals surface area contributed by atoms with Crippen LogP contribution in [0.25, 0.3) is 0 Å². The summed E-state index contributed by atoms with van der Waals surface area (Å²) >= 11 is 9.53. The van der Waals surface area contributed by atoms with E-state index in [2.05, 4.69) is 179 Å². The first-order chi connectivity index (χ1) is 26.9. The van der Waals surface area contributed by atoms with Gasteiger partial charge in [-0.15, -0.1) is 23.2 Å². The van der Waals surface area contributed by atoms with Crippen LogP contribution < -0.4 is 10.6 Å². The Bertz CT molecular complexity index is 1740. The third kappa shape index (κ3) is 25.1. The number of halogens is 8. The van der Waals surface area contributed by atoms with E-state index in [9.17, 15) is 25.2 Å². The summed E-state index contributed by atoms with van der Waals surface area (Å²) in [5.74, 6) is 4.74. The molecule has 2 nitrogen and oxygen atoms in total.